The van der Waals surface area contributed by atoms with Crippen LogP contribution in [0.4, 0.5) is 8.78 Å². The molecule has 2 aliphatic heterocycles. The van der Waals surface area contributed by atoms with Gasteiger partial charge in [-0.3, -0.25) is 14.9 Å². The van der Waals surface area contributed by atoms with Gasteiger partial charge in [0.15, 0.2) is 0 Å². The van der Waals surface area contributed by atoms with Gasteiger partial charge in [-0.15, -0.1) is 12.4 Å². The van der Waals surface area contributed by atoms with E-state index in [1.807, 2.05) is 0 Å². The maximum atomic E-state index is 13.2. The lowest BCUT2D eigenvalue weighted by Crippen LogP contribution is -2.49. The summed E-state index contributed by atoms with van der Waals surface area (Å²) in [6.45, 7) is 0.528. The van der Waals surface area contributed by atoms with Gasteiger partial charge >= 0.3 is 0 Å². The summed E-state index contributed by atoms with van der Waals surface area (Å²) >= 11 is 0. The monoisotopic (exact) mass is 379 g/mol. The van der Waals surface area contributed by atoms with E-state index < -0.39 is 24.9 Å². The van der Waals surface area contributed by atoms with E-state index in [0.29, 0.717) is 32.0 Å². The first-order chi connectivity index (χ1) is 11.4. The number of hydrogen-bond acceptors (Lipinski definition) is 3. The molecule has 0 radical (unpaired) electrons. The topological polar surface area (TPSA) is 61.4 Å². The molecule has 0 spiro atoms. The SMILES string of the molecule is Cl.O=C(NC1CCCCC1)C1CCN(C(=O)C2CC(F)(F)CN2)CC1. The first-order valence-corrected chi connectivity index (χ1v) is 9.15. The van der Waals surface area contributed by atoms with Crippen molar-refractivity contribution in [2.75, 3.05) is 19.6 Å². The maximum Gasteiger partial charge on any atom is 0.262 e. The minimum Gasteiger partial charge on any atom is -0.353 e. The molecule has 2 saturated heterocycles. The van der Waals surface area contributed by atoms with Crippen LogP contribution in [0.15, 0.2) is 0 Å². The molecule has 1 saturated carbocycles. The highest BCUT2D eigenvalue weighted by Gasteiger charge is 2.44. The van der Waals surface area contributed by atoms with E-state index >= 15 is 0 Å². The number of hydrogen-bond donors (Lipinski definition) is 2. The lowest BCUT2D eigenvalue weighted by atomic mass is 9.92. The average Bonchev–Trinajstić information content (AvgIpc) is 2.95. The second kappa shape index (κ2) is 8.62. The van der Waals surface area contributed by atoms with Gasteiger partial charge in [-0.2, -0.15) is 0 Å². The Morgan fingerprint density at radius 3 is 2.24 bits per heavy atom. The zero-order valence-electron chi connectivity index (χ0n) is 14.4. The van der Waals surface area contributed by atoms with E-state index in [1.54, 1.807) is 4.90 Å². The Labute approximate surface area is 153 Å². The Hall–Kier alpha value is -0.950. The Bertz CT molecular complexity index is 479. The van der Waals surface area contributed by atoms with Crippen LogP contribution >= 0.6 is 12.4 Å². The predicted molar refractivity (Wildman–Crippen MR) is 92.9 cm³/mol. The van der Waals surface area contributed by atoms with Gasteiger partial charge in [0.2, 0.25) is 11.8 Å². The molecule has 0 bridgehead atoms. The van der Waals surface area contributed by atoms with E-state index in [1.165, 1.54) is 19.3 Å². The fourth-order valence-electron chi connectivity index (χ4n) is 4.04. The summed E-state index contributed by atoms with van der Waals surface area (Å²) < 4.78 is 26.5. The molecule has 25 heavy (non-hydrogen) atoms. The summed E-state index contributed by atoms with van der Waals surface area (Å²) in [6.07, 6.45) is 6.54. The summed E-state index contributed by atoms with van der Waals surface area (Å²) in [4.78, 5) is 26.3. The van der Waals surface area contributed by atoms with Crippen LogP contribution < -0.4 is 10.6 Å². The van der Waals surface area contributed by atoms with Crippen molar-refractivity contribution >= 4 is 24.2 Å². The molecule has 3 aliphatic rings. The number of halogens is 3. The molecular formula is C17H28ClF2N3O2. The van der Waals surface area contributed by atoms with Crippen LogP contribution in [0.1, 0.15) is 51.4 Å². The van der Waals surface area contributed by atoms with E-state index in [4.69, 9.17) is 0 Å². The zero-order chi connectivity index (χ0) is 17.2. The van der Waals surface area contributed by atoms with Crippen molar-refractivity contribution < 1.29 is 18.4 Å². The van der Waals surface area contributed by atoms with E-state index in [9.17, 15) is 18.4 Å². The molecule has 1 atom stereocenters. The molecule has 3 rings (SSSR count). The molecule has 8 heteroatoms. The highest BCUT2D eigenvalue weighted by atomic mass is 35.5. The summed E-state index contributed by atoms with van der Waals surface area (Å²) in [5.41, 5.74) is 0. The van der Waals surface area contributed by atoms with Gasteiger partial charge in [-0.25, -0.2) is 8.78 Å². The van der Waals surface area contributed by atoms with Crippen LogP contribution in [-0.2, 0) is 9.59 Å². The van der Waals surface area contributed by atoms with Gasteiger partial charge in [0.25, 0.3) is 5.92 Å². The van der Waals surface area contributed by atoms with Gasteiger partial charge < -0.3 is 10.2 Å². The number of nitrogens with zero attached hydrogens (tertiary/aromatic N) is 1. The second-order valence-electron chi connectivity index (χ2n) is 7.44. The van der Waals surface area contributed by atoms with Crippen LogP contribution in [0.5, 0.6) is 0 Å². The molecule has 0 aromatic rings. The van der Waals surface area contributed by atoms with Crippen molar-refractivity contribution in [3.63, 3.8) is 0 Å². The number of piperidine rings is 1. The summed E-state index contributed by atoms with van der Waals surface area (Å²) in [6, 6.07) is -0.483. The van der Waals surface area contributed by atoms with Crippen molar-refractivity contribution in [2.45, 2.75) is 69.4 Å². The van der Waals surface area contributed by atoms with Gasteiger partial charge in [0.05, 0.1) is 12.6 Å². The number of rotatable bonds is 3. The first kappa shape index (κ1) is 20.4. The Balaban J connectivity index is 0.00000225. The van der Waals surface area contributed by atoms with Gasteiger partial charge in [-0.1, -0.05) is 19.3 Å². The van der Waals surface area contributed by atoms with Gasteiger partial charge in [0.1, 0.15) is 0 Å². The fraction of sp³-hybridized carbons (Fsp3) is 0.882. The van der Waals surface area contributed by atoms with Crippen molar-refractivity contribution in [1.82, 2.24) is 15.5 Å². The smallest absolute Gasteiger partial charge is 0.262 e. The molecule has 0 aromatic heterocycles. The normalized spacial score (nSPS) is 27.6. The fourth-order valence-corrected chi connectivity index (χ4v) is 4.04. The largest absolute Gasteiger partial charge is 0.353 e. The molecule has 5 nitrogen and oxygen atoms in total. The Morgan fingerprint density at radius 2 is 1.68 bits per heavy atom. The van der Waals surface area contributed by atoms with Gasteiger partial charge in [-0.05, 0) is 25.7 Å². The maximum absolute atomic E-state index is 13.2. The quantitative estimate of drug-likeness (QED) is 0.789. The van der Waals surface area contributed by atoms with Crippen LogP contribution in [0.2, 0.25) is 0 Å². The number of carbonyl (C=O) groups is 2. The molecular weight excluding hydrogens is 352 g/mol. The number of alkyl halides is 2. The van der Waals surface area contributed by atoms with Crippen LogP contribution in [-0.4, -0.2) is 54.4 Å². The number of nitrogens with one attached hydrogen (secondary N) is 2. The first-order valence-electron chi connectivity index (χ1n) is 9.15. The molecule has 2 amide bonds. The summed E-state index contributed by atoms with van der Waals surface area (Å²) in [5.74, 6) is -3.01. The van der Waals surface area contributed by atoms with E-state index in [-0.39, 0.29) is 30.1 Å². The molecule has 144 valence electrons. The van der Waals surface area contributed by atoms with Crippen molar-refractivity contribution in [1.29, 1.82) is 0 Å². The van der Waals surface area contributed by atoms with Crippen molar-refractivity contribution in [2.24, 2.45) is 5.92 Å². The summed E-state index contributed by atoms with van der Waals surface area (Å²) in [5, 5.41) is 5.76. The minimum atomic E-state index is -2.79. The third kappa shape index (κ3) is 5.26. The standard InChI is InChI=1S/C17H27F2N3O2.ClH/c18-17(19)10-14(20-11-17)16(24)22-8-6-12(7-9-22)15(23)21-13-4-2-1-3-5-13;/h12-14,20H,1-11H2,(H,21,23);1H. The molecule has 1 unspecified atom stereocenters. The van der Waals surface area contributed by atoms with Crippen LogP contribution in [0, 0.1) is 5.92 Å². The molecule has 1 aliphatic carbocycles. The molecule has 3 fully saturated rings. The molecule has 0 aromatic carbocycles. The second-order valence-corrected chi connectivity index (χ2v) is 7.44. The third-order valence-corrected chi connectivity index (χ3v) is 5.54. The molecule has 2 N–H and O–H groups in total. The summed E-state index contributed by atoms with van der Waals surface area (Å²) in [7, 11) is 0. The Morgan fingerprint density at radius 1 is 1.04 bits per heavy atom. The number of carbonyl (C=O) groups excluding carboxylic acids is 2. The average molecular weight is 380 g/mol. The third-order valence-electron chi connectivity index (χ3n) is 5.54. The lowest BCUT2D eigenvalue weighted by molar-refractivity contribution is -0.137. The predicted octanol–water partition coefficient (Wildman–Crippen LogP) is 2.09. The van der Waals surface area contributed by atoms with Crippen LogP contribution in [0.25, 0.3) is 0 Å². The number of likely N-dealkylation sites (tertiary alicyclic amines) is 1. The zero-order valence-corrected chi connectivity index (χ0v) is 15.3. The number of amides is 2. The molecule has 2 heterocycles. The van der Waals surface area contributed by atoms with Crippen molar-refractivity contribution in [3.05, 3.63) is 0 Å². The minimum absolute atomic E-state index is 0. The van der Waals surface area contributed by atoms with E-state index in [0.717, 1.165) is 12.8 Å². The van der Waals surface area contributed by atoms with Gasteiger partial charge in [0, 0.05) is 31.5 Å². The van der Waals surface area contributed by atoms with E-state index in [2.05, 4.69) is 10.6 Å². The van der Waals surface area contributed by atoms with Crippen LogP contribution in [0.3, 0.4) is 0 Å². The highest BCUT2D eigenvalue weighted by molar-refractivity contribution is 5.85. The Kier molecular flexibility index (Phi) is 7.02. The lowest BCUT2D eigenvalue weighted by Gasteiger charge is -2.34. The van der Waals surface area contributed by atoms with Crippen molar-refractivity contribution in [3.8, 4) is 0 Å². The highest BCUT2D eigenvalue weighted by Crippen LogP contribution is 2.27.